The molecule has 70 valence electrons. The summed E-state index contributed by atoms with van der Waals surface area (Å²) in [6.07, 6.45) is 0. The van der Waals surface area contributed by atoms with E-state index < -0.39 is 5.82 Å². The van der Waals surface area contributed by atoms with Crippen LogP contribution in [0.5, 0.6) is 0 Å². The SMILES string of the molecule is [B]c1cc2cc(C)c(C#N)cc2cc1F. The van der Waals surface area contributed by atoms with Crippen LogP contribution in [0.4, 0.5) is 4.39 Å². The Balaban J connectivity index is 2.84. The van der Waals surface area contributed by atoms with E-state index in [9.17, 15) is 4.39 Å². The zero-order valence-electron chi connectivity index (χ0n) is 8.21. The molecule has 0 aliphatic heterocycles. The summed E-state index contributed by atoms with van der Waals surface area (Å²) in [5.41, 5.74) is 1.56. The van der Waals surface area contributed by atoms with Crippen LogP contribution < -0.4 is 5.46 Å². The molecule has 0 unspecified atom stereocenters. The maximum atomic E-state index is 13.2. The molecule has 0 aliphatic rings. The highest BCUT2D eigenvalue weighted by molar-refractivity contribution is 6.33. The van der Waals surface area contributed by atoms with E-state index in [1.807, 2.05) is 13.0 Å². The molecule has 2 rings (SSSR count). The van der Waals surface area contributed by atoms with Crippen molar-refractivity contribution in [2.75, 3.05) is 0 Å². The lowest BCUT2D eigenvalue weighted by Crippen LogP contribution is -2.07. The van der Waals surface area contributed by atoms with Crippen molar-refractivity contribution in [1.82, 2.24) is 0 Å². The Labute approximate surface area is 88.6 Å². The Morgan fingerprint density at radius 2 is 1.87 bits per heavy atom. The fourth-order valence-corrected chi connectivity index (χ4v) is 1.57. The van der Waals surface area contributed by atoms with E-state index in [0.717, 1.165) is 10.9 Å². The number of halogens is 1. The van der Waals surface area contributed by atoms with Crippen molar-refractivity contribution < 1.29 is 4.39 Å². The van der Waals surface area contributed by atoms with E-state index >= 15 is 0 Å². The van der Waals surface area contributed by atoms with E-state index in [-0.39, 0.29) is 5.46 Å². The monoisotopic (exact) mass is 195 g/mol. The van der Waals surface area contributed by atoms with Gasteiger partial charge in [0, 0.05) is 0 Å². The third-order valence-electron chi connectivity index (χ3n) is 2.42. The summed E-state index contributed by atoms with van der Waals surface area (Å²) in [4.78, 5) is 0. The van der Waals surface area contributed by atoms with Crippen molar-refractivity contribution in [3.05, 3.63) is 41.2 Å². The second-order valence-corrected chi connectivity index (χ2v) is 3.50. The smallest absolute Gasteiger partial charge is 0.117 e. The lowest BCUT2D eigenvalue weighted by atomic mass is 9.91. The summed E-state index contributed by atoms with van der Waals surface area (Å²) in [6, 6.07) is 8.51. The van der Waals surface area contributed by atoms with Crippen LogP contribution in [-0.4, -0.2) is 7.85 Å². The molecule has 2 radical (unpaired) electrons. The molecule has 15 heavy (non-hydrogen) atoms. The zero-order valence-corrected chi connectivity index (χ0v) is 8.21. The van der Waals surface area contributed by atoms with Crippen LogP contribution >= 0.6 is 0 Å². The number of aryl methyl sites for hydroxylation is 1. The lowest BCUT2D eigenvalue weighted by molar-refractivity contribution is 0.638. The van der Waals surface area contributed by atoms with Gasteiger partial charge in [0.1, 0.15) is 13.7 Å². The summed E-state index contributed by atoms with van der Waals surface area (Å²) in [6.45, 7) is 1.84. The molecule has 0 aliphatic carbocycles. The van der Waals surface area contributed by atoms with E-state index in [4.69, 9.17) is 13.1 Å². The fraction of sp³-hybridized carbons (Fsp3) is 0.0833. The van der Waals surface area contributed by atoms with E-state index in [0.29, 0.717) is 10.9 Å². The van der Waals surface area contributed by atoms with Crippen molar-refractivity contribution in [3.8, 4) is 6.07 Å². The van der Waals surface area contributed by atoms with Gasteiger partial charge in [-0.1, -0.05) is 17.6 Å². The van der Waals surface area contributed by atoms with Gasteiger partial charge in [-0.25, -0.2) is 4.39 Å². The molecule has 0 spiro atoms. The number of nitriles is 1. The molecule has 0 amide bonds. The van der Waals surface area contributed by atoms with Gasteiger partial charge in [-0.05, 0) is 35.4 Å². The number of fused-ring (bicyclic) bond motifs is 1. The van der Waals surface area contributed by atoms with Crippen LogP contribution in [0.1, 0.15) is 11.1 Å². The van der Waals surface area contributed by atoms with Crippen LogP contribution in [-0.2, 0) is 0 Å². The minimum Gasteiger partial charge on any atom is -0.208 e. The fourth-order valence-electron chi connectivity index (χ4n) is 1.57. The molecule has 0 N–H and O–H groups in total. The number of hydrogen-bond donors (Lipinski definition) is 0. The van der Waals surface area contributed by atoms with Gasteiger partial charge in [0.05, 0.1) is 11.6 Å². The van der Waals surface area contributed by atoms with Gasteiger partial charge >= 0.3 is 0 Å². The molecule has 0 fully saturated rings. The van der Waals surface area contributed by atoms with Crippen LogP contribution in [0.15, 0.2) is 24.3 Å². The number of benzene rings is 2. The van der Waals surface area contributed by atoms with Gasteiger partial charge in [-0.2, -0.15) is 5.26 Å². The summed E-state index contributed by atoms with van der Waals surface area (Å²) >= 11 is 0. The molecule has 0 atom stereocenters. The van der Waals surface area contributed by atoms with E-state index in [2.05, 4.69) is 6.07 Å². The third kappa shape index (κ3) is 1.59. The summed E-state index contributed by atoms with van der Waals surface area (Å²) < 4.78 is 13.2. The molecule has 0 saturated heterocycles. The molecule has 2 aromatic rings. The molecule has 0 saturated carbocycles. The van der Waals surface area contributed by atoms with Crippen molar-refractivity contribution in [2.24, 2.45) is 0 Å². The summed E-state index contributed by atoms with van der Waals surface area (Å²) in [7, 11) is 5.47. The van der Waals surface area contributed by atoms with Crippen molar-refractivity contribution in [1.29, 1.82) is 5.26 Å². The molecule has 0 aromatic heterocycles. The summed E-state index contributed by atoms with van der Waals surface area (Å²) in [5, 5.41) is 10.4. The normalized spacial score (nSPS) is 10.2. The topological polar surface area (TPSA) is 23.8 Å². The van der Waals surface area contributed by atoms with Crippen LogP contribution in [0, 0.1) is 24.1 Å². The quantitative estimate of drug-likeness (QED) is 0.589. The predicted molar refractivity (Wildman–Crippen MR) is 58.7 cm³/mol. The molecular weight excluding hydrogens is 188 g/mol. The minimum atomic E-state index is -0.449. The van der Waals surface area contributed by atoms with Crippen molar-refractivity contribution >= 4 is 24.1 Å². The van der Waals surface area contributed by atoms with Crippen LogP contribution in [0.25, 0.3) is 10.8 Å². The minimum absolute atomic E-state index is 0.131. The maximum Gasteiger partial charge on any atom is 0.117 e. The first kappa shape index (κ1) is 9.73. The highest BCUT2D eigenvalue weighted by Crippen LogP contribution is 2.19. The second kappa shape index (κ2) is 3.40. The Kier molecular flexibility index (Phi) is 2.20. The first-order valence-electron chi connectivity index (χ1n) is 4.51. The average Bonchev–Trinajstić information content (AvgIpc) is 2.20. The molecule has 2 aromatic carbocycles. The Hall–Kier alpha value is -1.82. The molecule has 1 nitrogen and oxygen atoms in total. The van der Waals surface area contributed by atoms with Crippen LogP contribution in [0.2, 0.25) is 0 Å². The van der Waals surface area contributed by atoms with Gasteiger partial charge in [0.25, 0.3) is 0 Å². The zero-order chi connectivity index (χ0) is 11.0. The Morgan fingerprint density at radius 1 is 1.20 bits per heavy atom. The lowest BCUT2D eigenvalue weighted by Gasteiger charge is -2.04. The Bertz CT molecular complexity index is 584. The number of rotatable bonds is 0. The van der Waals surface area contributed by atoms with Crippen molar-refractivity contribution in [3.63, 3.8) is 0 Å². The van der Waals surface area contributed by atoms with Gasteiger partial charge in [-0.3, -0.25) is 0 Å². The maximum absolute atomic E-state index is 13.2. The predicted octanol–water partition coefficient (Wildman–Crippen LogP) is 1.95. The van der Waals surface area contributed by atoms with Crippen molar-refractivity contribution in [2.45, 2.75) is 6.92 Å². The first-order chi connectivity index (χ1) is 7.11. The Morgan fingerprint density at radius 3 is 2.53 bits per heavy atom. The number of nitrogens with zero attached hydrogens (tertiary/aromatic N) is 1. The highest BCUT2D eigenvalue weighted by atomic mass is 19.1. The average molecular weight is 195 g/mol. The van der Waals surface area contributed by atoms with Gasteiger partial charge < -0.3 is 0 Å². The third-order valence-corrected chi connectivity index (χ3v) is 2.42. The number of hydrogen-bond acceptors (Lipinski definition) is 1. The molecular formula is C12H7BFN. The second-order valence-electron chi connectivity index (χ2n) is 3.50. The van der Waals surface area contributed by atoms with Gasteiger partial charge in [0.15, 0.2) is 0 Å². The van der Waals surface area contributed by atoms with E-state index in [1.165, 1.54) is 6.07 Å². The van der Waals surface area contributed by atoms with E-state index in [1.54, 1.807) is 12.1 Å². The highest BCUT2D eigenvalue weighted by Gasteiger charge is 2.04. The standard InChI is InChI=1S/C12H7BFN/c1-7-2-8-4-11(13)12(14)5-9(8)3-10(7)6-15/h2-5H,1H3. The summed E-state index contributed by atoms with van der Waals surface area (Å²) in [5.74, 6) is -0.449. The molecule has 0 heterocycles. The first-order valence-corrected chi connectivity index (χ1v) is 4.51. The van der Waals surface area contributed by atoms with Gasteiger partial charge in [-0.15, -0.1) is 0 Å². The molecule has 0 bridgehead atoms. The largest absolute Gasteiger partial charge is 0.208 e. The molecule has 3 heteroatoms. The van der Waals surface area contributed by atoms with Gasteiger partial charge in [0.2, 0.25) is 0 Å². The van der Waals surface area contributed by atoms with Crippen LogP contribution in [0.3, 0.4) is 0 Å².